The highest BCUT2D eigenvalue weighted by molar-refractivity contribution is 5.76. The lowest BCUT2D eigenvalue weighted by molar-refractivity contribution is -0.380. The summed E-state index contributed by atoms with van der Waals surface area (Å²) >= 11 is 0. The van der Waals surface area contributed by atoms with Crippen molar-refractivity contribution in [1.82, 2.24) is 10.6 Å². The third-order valence-corrected chi connectivity index (χ3v) is 18.1. The van der Waals surface area contributed by atoms with Gasteiger partial charge in [0.15, 0.2) is 25.2 Å². The summed E-state index contributed by atoms with van der Waals surface area (Å²) < 4.78 is 46.8. The van der Waals surface area contributed by atoms with Crippen LogP contribution in [0.3, 0.4) is 0 Å². The molecule has 0 radical (unpaired) electrons. The minimum absolute atomic E-state index is 0.218. The summed E-state index contributed by atoms with van der Waals surface area (Å²) in [7, 11) is 0. The molecule has 0 aromatic heterocycles. The second kappa shape index (κ2) is 46.9. The summed E-state index contributed by atoms with van der Waals surface area (Å²) in [5.74, 6) is -1.06. The normalized spacial score (nSPS) is 32.9. The molecule has 15 N–H and O–H groups in total. The zero-order chi connectivity index (χ0) is 66.5. The fourth-order valence-electron chi connectivity index (χ4n) is 12.4. The molecular weight excluding hydrogens is 1190 g/mol. The second-order valence-corrected chi connectivity index (χ2v) is 25.7. The van der Waals surface area contributed by atoms with E-state index in [0.717, 1.165) is 51.9 Å². The summed E-state index contributed by atoms with van der Waals surface area (Å²) in [5.41, 5.74) is 0. The molecule has 534 valence electrons. The van der Waals surface area contributed by atoms with Crippen LogP contribution < -0.4 is 10.6 Å². The van der Waals surface area contributed by atoms with Crippen LogP contribution >= 0.6 is 0 Å². The molecule has 25 nitrogen and oxygen atoms in total. The highest BCUT2D eigenvalue weighted by atomic mass is 16.8. The number of carbonyl (C=O) groups is 2. The Balaban J connectivity index is 1.32. The lowest BCUT2D eigenvalue weighted by atomic mass is 9.94. The molecule has 4 saturated heterocycles. The van der Waals surface area contributed by atoms with Crippen LogP contribution in [0.25, 0.3) is 0 Å². The van der Waals surface area contributed by atoms with Crippen molar-refractivity contribution in [2.24, 2.45) is 0 Å². The number of aliphatic hydroxyl groups is 13. The first kappa shape index (κ1) is 81.3. The van der Waals surface area contributed by atoms with Gasteiger partial charge >= 0.3 is 0 Å². The lowest BCUT2D eigenvalue weighted by Gasteiger charge is -2.50. The highest BCUT2D eigenvalue weighted by Gasteiger charge is 2.56. The van der Waals surface area contributed by atoms with E-state index in [1.807, 2.05) is 6.08 Å². The largest absolute Gasteiger partial charge is 0.394 e. The fraction of sp³-hybridized carbons (Fsp3) is 0.939. The molecule has 0 spiro atoms. The smallest absolute Gasteiger partial charge is 0.220 e. The average Bonchev–Trinajstić information content (AvgIpc) is 0.889. The van der Waals surface area contributed by atoms with Gasteiger partial charge in [0.2, 0.25) is 11.8 Å². The van der Waals surface area contributed by atoms with E-state index in [1.165, 1.54) is 141 Å². The maximum absolute atomic E-state index is 13.4. The van der Waals surface area contributed by atoms with Crippen LogP contribution in [0.1, 0.15) is 226 Å². The van der Waals surface area contributed by atoms with Crippen LogP contribution in [0.15, 0.2) is 12.2 Å². The van der Waals surface area contributed by atoms with Gasteiger partial charge in [0.25, 0.3) is 0 Å². The molecule has 4 heterocycles. The number of nitrogens with one attached hydrogen (secondary N) is 2. The van der Waals surface area contributed by atoms with Gasteiger partial charge in [0, 0.05) is 13.3 Å². The van der Waals surface area contributed by atoms with Gasteiger partial charge in [0.1, 0.15) is 97.6 Å². The van der Waals surface area contributed by atoms with Crippen molar-refractivity contribution in [3.63, 3.8) is 0 Å². The van der Waals surface area contributed by atoms with Gasteiger partial charge in [-0.2, -0.15) is 0 Å². The number of hydrogen-bond donors (Lipinski definition) is 15. The van der Waals surface area contributed by atoms with Gasteiger partial charge in [-0.15, -0.1) is 0 Å². The van der Waals surface area contributed by atoms with Gasteiger partial charge in [-0.25, -0.2) is 0 Å². The summed E-state index contributed by atoms with van der Waals surface area (Å²) in [4.78, 5) is 26.0. The summed E-state index contributed by atoms with van der Waals surface area (Å²) in [6.07, 6.45) is 5.68. The van der Waals surface area contributed by atoms with Crippen LogP contribution in [0.4, 0.5) is 0 Å². The van der Waals surface area contributed by atoms with Crippen molar-refractivity contribution in [2.75, 3.05) is 33.0 Å². The highest BCUT2D eigenvalue weighted by Crippen LogP contribution is 2.35. The molecule has 4 fully saturated rings. The summed E-state index contributed by atoms with van der Waals surface area (Å²) in [6, 6.07) is -2.62. The monoisotopic (exact) mass is 1310 g/mol. The van der Waals surface area contributed by atoms with E-state index in [0.29, 0.717) is 12.8 Å². The van der Waals surface area contributed by atoms with E-state index in [-0.39, 0.29) is 12.3 Å². The molecule has 0 aromatic rings. The topological polar surface area (TPSA) is 395 Å². The number of unbranched alkanes of at least 4 members (excludes halogenated alkanes) is 29. The Labute approximate surface area is 540 Å². The minimum atomic E-state index is -2.10. The Kier molecular flexibility index (Phi) is 41.9. The Hall–Kier alpha value is -2.16. The number of carbonyl (C=O) groups excluding carboxylic acids is 2. The van der Waals surface area contributed by atoms with Crippen LogP contribution in [-0.2, 0) is 47.5 Å². The van der Waals surface area contributed by atoms with E-state index in [4.69, 9.17) is 37.9 Å². The fourth-order valence-corrected chi connectivity index (χ4v) is 12.4. The zero-order valence-corrected chi connectivity index (χ0v) is 54.9. The standard InChI is InChI=1S/C66H122N2O23/c1-4-6-8-10-12-14-16-18-19-20-21-22-23-25-27-29-31-33-35-37-50(75)68-44(45(74)36-34-32-30-28-26-24-17-15-13-11-9-7-5-2)42-84-64-58(82)55(79)61(48(40-71)87-64)90-66-59(83)56(80)60(49(41-72)88-66)89-63-51(67-43(3)73)62(53(77)47(39-70)85-63)91-65-57(81)54(78)52(76)46(38-69)86-65/h34,36,44-49,51-66,69-72,74,76-83H,4-33,35,37-42H2,1-3H3,(H,67,73)(H,68,75)/b36-34+/t44-,45+,46?,47?,48?,49?,51?,52-,53-,54-,55+,56+,57?,58?,59?,60-,61+,62+,63-,64+,65-,66-/m0/s1. The second-order valence-electron chi connectivity index (χ2n) is 25.7. The maximum Gasteiger partial charge on any atom is 0.220 e. The summed E-state index contributed by atoms with van der Waals surface area (Å²) in [5, 5.41) is 147. The molecule has 0 saturated carbocycles. The number of hydrogen-bond acceptors (Lipinski definition) is 23. The molecule has 25 heteroatoms. The van der Waals surface area contributed by atoms with Crippen molar-refractivity contribution in [2.45, 2.75) is 361 Å². The quantitative estimate of drug-likeness (QED) is 0.0307. The molecule has 91 heavy (non-hydrogen) atoms. The zero-order valence-electron chi connectivity index (χ0n) is 54.9. The molecule has 0 bridgehead atoms. The van der Waals surface area contributed by atoms with Crippen molar-refractivity contribution in [3.05, 3.63) is 12.2 Å². The first-order chi connectivity index (χ1) is 44.0. The summed E-state index contributed by atoms with van der Waals surface area (Å²) in [6.45, 7) is 1.62. The molecule has 4 rings (SSSR count). The van der Waals surface area contributed by atoms with E-state index < -0.39 is 174 Å². The van der Waals surface area contributed by atoms with E-state index in [9.17, 15) is 76.0 Å². The Morgan fingerprint density at radius 2 is 0.791 bits per heavy atom. The molecule has 8 unspecified atom stereocenters. The lowest BCUT2D eigenvalue weighted by Crippen LogP contribution is -2.70. The van der Waals surface area contributed by atoms with Crippen LogP contribution in [0.5, 0.6) is 0 Å². The number of allylic oxidation sites excluding steroid dienone is 1. The molecule has 4 aliphatic heterocycles. The number of rotatable bonds is 49. The van der Waals surface area contributed by atoms with Gasteiger partial charge in [-0.05, 0) is 19.3 Å². The number of ether oxygens (including phenoxy) is 8. The van der Waals surface area contributed by atoms with Crippen molar-refractivity contribution in [1.29, 1.82) is 0 Å². The molecule has 22 atom stereocenters. The van der Waals surface area contributed by atoms with Crippen LogP contribution in [-0.4, -0.2) is 246 Å². The number of amides is 2. The maximum atomic E-state index is 13.4. The SMILES string of the molecule is CCCCCCCCCCCCC/C=C/[C@@H](O)[C@H](CO[C@@H]1OC(CO)[C@@H](O[C@@H]2OC(CO)[C@H](O[C@@H]3OC(CO)[C@H](O)[C@H](O[C@@H]4OC(CO)[C@H](O)[C@H](O)C4O)C3NC(C)=O)[C@H](O)C2O)[C@H](O)C1O)NC(=O)CCCCCCCCCCCCCCCCCCCCC. The van der Waals surface area contributed by atoms with Gasteiger partial charge in [-0.3, -0.25) is 9.59 Å². The first-order valence-corrected chi connectivity index (χ1v) is 34.9. The average molecular weight is 1310 g/mol. The van der Waals surface area contributed by atoms with E-state index >= 15 is 0 Å². The van der Waals surface area contributed by atoms with Crippen LogP contribution in [0, 0.1) is 0 Å². The minimum Gasteiger partial charge on any atom is -0.394 e. The van der Waals surface area contributed by atoms with Gasteiger partial charge < -0.3 is 115 Å². The third-order valence-electron chi connectivity index (χ3n) is 18.1. The molecule has 2 amide bonds. The van der Waals surface area contributed by atoms with Gasteiger partial charge in [-0.1, -0.05) is 206 Å². The van der Waals surface area contributed by atoms with Gasteiger partial charge in [0.05, 0.1) is 45.2 Å². The number of aliphatic hydroxyl groups excluding tert-OH is 13. The predicted octanol–water partition coefficient (Wildman–Crippen LogP) is 3.34. The van der Waals surface area contributed by atoms with E-state index in [1.54, 1.807) is 6.08 Å². The third kappa shape index (κ3) is 28.4. The first-order valence-electron chi connectivity index (χ1n) is 34.9. The van der Waals surface area contributed by atoms with E-state index in [2.05, 4.69) is 24.5 Å². The Morgan fingerprint density at radius 3 is 1.24 bits per heavy atom. The van der Waals surface area contributed by atoms with Crippen molar-refractivity contribution >= 4 is 11.8 Å². The van der Waals surface area contributed by atoms with Crippen LogP contribution in [0.2, 0.25) is 0 Å². The molecular formula is C66H122N2O23. The molecule has 0 aromatic carbocycles. The molecule has 0 aliphatic carbocycles. The Morgan fingerprint density at radius 1 is 0.429 bits per heavy atom. The molecule has 4 aliphatic rings. The predicted molar refractivity (Wildman–Crippen MR) is 335 cm³/mol. The van der Waals surface area contributed by atoms with Crippen molar-refractivity contribution in [3.8, 4) is 0 Å². The Bertz CT molecular complexity index is 1900. The van der Waals surface area contributed by atoms with Crippen molar-refractivity contribution < 1.29 is 114 Å².